The molecule has 0 aromatic heterocycles. The van der Waals surface area contributed by atoms with Crippen molar-refractivity contribution in [2.75, 3.05) is 33.4 Å². The Bertz CT molecular complexity index is 522. The second-order valence-electron chi connectivity index (χ2n) is 5.43. The molecule has 0 aliphatic carbocycles. The summed E-state index contributed by atoms with van der Waals surface area (Å²) >= 11 is 0. The summed E-state index contributed by atoms with van der Waals surface area (Å²) in [6.07, 6.45) is 2.92. The van der Waals surface area contributed by atoms with Crippen LogP contribution in [0.2, 0.25) is 0 Å². The molecule has 5 nitrogen and oxygen atoms in total. The Morgan fingerprint density at radius 2 is 2.05 bits per heavy atom. The SMILES string of the molecule is CNCCCc1ccc(S(=O)(=O)NCC2CCOC2)cc1. The molecule has 1 aliphatic heterocycles. The summed E-state index contributed by atoms with van der Waals surface area (Å²) in [6.45, 7) is 2.79. The molecule has 1 heterocycles. The van der Waals surface area contributed by atoms with Gasteiger partial charge in [-0.25, -0.2) is 13.1 Å². The Morgan fingerprint density at radius 1 is 1.29 bits per heavy atom. The van der Waals surface area contributed by atoms with Crippen molar-refractivity contribution in [1.29, 1.82) is 0 Å². The zero-order valence-corrected chi connectivity index (χ0v) is 13.3. The number of ether oxygens (including phenoxy) is 1. The van der Waals surface area contributed by atoms with Gasteiger partial charge in [0.25, 0.3) is 0 Å². The minimum absolute atomic E-state index is 0.292. The number of aryl methyl sites for hydroxylation is 1. The lowest BCUT2D eigenvalue weighted by molar-refractivity contribution is 0.186. The lowest BCUT2D eigenvalue weighted by Crippen LogP contribution is -2.29. The predicted octanol–water partition coefficient (Wildman–Crippen LogP) is 1.15. The van der Waals surface area contributed by atoms with Crippen LogP contribution < -0.4 is 10.0 Å². The zero-order valence-electron chi connectivity index (χ0n) is 12.5. The Balaban J connectivity index is 1.89. The fraction of sp³-hybridized carbons (Fsp3) is 0.600. The summed E-state index contributed by atoms with van der Waals surface area (Å²) in [5, 5.41) is 3.10. The second-order valence-corrected chi connectivity index (χ2v) is 7.20. The molecule has 118 valence electrons. The van der Waals surface area contributed by atoms with Crippen LogP contribution in [0.15, 0.2) is 29.2 Å². The van der Waals surface area contributed by atoms with Crippen LogP contribution in [0.1, 0.15) is 18.4 Å². The monoisotopic (exact) mass is 312 g/mol. The van der Waals surface area contributed by atoms with E-state index in [1.807, 2.05) is 19.2 Å². The molecule has 0 bridgehead atoms. The van der Waals surface area contributed by atoms with Crippen LogP contribution in [0.5, 0.6) is 0 Å². The molecule has 1 unspecified atom stereocenters. The standard InChI is InChI=1S/C15H24N2O3S/c1-16-9-2-3-13-4-6-15(7-5-13)21(18,19)17-11-14-8-10-20-12-14/h4-7,14,16-17H,2-3,8-12H2,1H3. The van der Waals surface area contributed by atoms with Gasteiger partial charge in [-0.3, -0.25) is 0 Å². The summed E-state index contributed by atoms with van der Waals surface area (Å²) in [5.74, 6) is 0.292. The van der Waals surface area contributed by atoms with Crippen molar-refractivity contribution in [2.45, 2.75) is 24.2 Å². The molecule has 1 saturated heterocycles. The highest BCUT2D eigenvalue weighted by Gasteiger charge is 2.20. The first-order valence-electron chi connectivity index (χ1n) is 7.43. The highest BCUT2D eigenvalue weighted by Crippen LogP contribution is 2.14. The molecule has 0 spiro atoms. The van der Waals surface area contributed by atoms with Crippen molar-refractivity contribution in [3.63, 3.8) is 0 Å². The van der Waals surface area contributed by atoms with E-state index in [1.54, 1.807) is 12.1 Å². The van der Waals surface area contributed by atoms with E-state index in [0.717, 1.165) is 38.0 Å². The first-order valence-corrected chi connectivity index (χ1v) is 8.91. The molecule has 1 fully saturated rings. The molecule has 1 aromatic carbocycles. The van der Waals surface area contributed by atoms with Gasteiger partial charge >= 0.3 is 0 Å². The van der Waals surface area contributed by atoms with Crippen molar-refractivity contribution >= 4 is 10.0 Å². The third kappa shape index (κ3) is 5.07. The van der Waals surface area contributed by atoms with Crippen molar-refractivity contribution in [3.05, 3.63) is 29.8 Å². The molecule has 2 rings (SSSR count). The van der Waals surface area contributed by atoms with E-state index in [2.05, 4.69) is 10.0 Å². The Hall–Kier alpha value is -0.950. The van der Waals surface area contributed by atoms with Gasteiger partial charge < -0.3 is 10.1 Å². The van der Waals surface area contributed by atoms with Gasteiger partial charge in [-0.05, 0) is 56.5 Å². The maximum atomic E-state index is 12.2. The van der Waals surface area contributed by atoms with Gasteiger partial charge in [0.15, 0.2) is 0 Å². The summed E-state index contributed by atoms with van der Waals surface area (Å²) in [5.41, 5.74) is 1.16. The quantitative estimate of drug-likeness (QED) is 0.707. The third-order valence-electron chi connectivity index (χ3n) is 3.71. The molecule has 0 amide bonds. The van der Waals surface area contributed by atoms with E-state index < -0.39 is 10.0 Å². The maximum absolute atomic E-state index is 12.2. The molecule has 0 saturated carbocycles. The number of benzene rings is 1. The Morgan fingerprint density at radius 3 is 2.67 bits per heavy atom. The van der Waals surface area contributed by atoms with Crippen molar-refractivity contribution in [2.24, 2.45) is 5.92 Å². The molecular formula is C15H24N2O3S. The van der Waals surface area contributed by atoms with Gasteiger partial charge in [-0.2, -0.15) is 0 Å². The molecule has 1 atom stereocenters. The van der Waals surface area contributed by atoms with E-state index in [4.69, 9.17) is 4.74 Å². The van der Waals surface area contributed by atoms with Crippen LogP contribution in [0.25, 0.3) is 0 Å². The molecule has 1 aromatic rings. The maximum Gasteiger partial charge on any atom is 0.240 e. The van der Waals surface area contributed by atoms with E-state index >= 15 is 0 Å². The number of rotatable bonds is 8. The van der Waals surface area contributed by atoms with E-state index in [1.165, 1.54) is 0 Å². The number of hydrogen-bond donors (Lipinski definition) is 2. The molecular weight excluding hydrogens is 288 g/mol. The van der Waals surface area contributed by atoms with Gasteiger partial charge in [0.2, 0.25) is 10.0 Å². The van der Waals surface area contributed by atoms with Crippen molar-refractivity contribution < 1.29 is 13.2 Å². The van der Waals surface area contributed by atoms with E-state index in [0.29, 0.717) is 24.0 Å². The van der Waals surface area contributed by atoms with Gasteiger partial charge in [0, 0.05) is 13.2 Å². The number of sulfonamides is 1. The van der Waals surface area contributed by atoms with Gasteiger partial charge in [0.1, 0.15) is 0 Å². The summed E-state index contributed by atoms with van der Waals surface area (Å²) in [4.78, 5) is 0.332. The van der Waals surface area contributed by atoms with Crippen LogP contribution in [-0.2, 0) is 21.2 Å². The van der Waals surface area contributed by atoms with E-state index in [-0.39, 0.29) is 0 Å². The Kier molecular flexibility index (Phi) is 6.17. The van der Waals surface area contributed by atoms with Crippen LogP contribution in [0.4, 0.5) is 0 Å². The lowest BCUT2D eigenvalue weighted by Gasteiger charge is -2.10. The number of nitrogens with one attached hydrogen (secondary N) is 2. The summed E-state index contributed by atoms with van der Waals surface area (Å²) in [7, 11) is -1.48. The van der Waals surface area contributed by atoms with Gasteiger partial charge in [-0.15, -0.1) is 0 Å². The largest absolute Gasteiger partial charge is 0.381 e. The first kappa shape index (κ1) is 16.4. The molecule has 2 N–H and O–H groups in total. The first-order chi connectivity index (χ1) is 10.1. The Labute approximate surface area is 127 Å². The highest BCUT2D eigenvalue weighted by molar-refractivity contribution is 7.89. The van der Waals surface area contributed by atoms with Gasteiger partial charge in [0.05, 0.1) is 11.5 Å². The lowest BCUT2D eigenvalue weighted by atomic mass is 10.1. The third-order valence-corrected chi connectivity index (χ3v) is 5.15. The topological polar surface area (TPSA) is 67.4 Å². The van der Waals surface area contributed by atoms with E-state index in [9.17, 15) is 8.42 Å². The zero-order chi connectivity index (χ0) is 15.1. The minimum atomic E-state index is -3.41. The van der Waals surface area contributed by atoms with Crippen LogP contribution in [0.3, 0.4) is 0 Å². The molecule has 6 heteroatoms. The predicted molar refractivity (Wildman–Crippen MR) is 82.8 cm³/mol. The van der Waals surface area contributed by atoms with Crippen LogP contribution in [-0.4, -0.2) is 41.8 Å². The molecule has 0 radical (unpaired) electrons. The fourth-order valence-electron chi connectivity index (χ4n) is 2.36. The van der Waals surface area contributed by atoms with Crippen LogP contribution >= 0.6 is 0 Å². The minimum Gasteiger partial charge on any atom is -0.381 e. The fourth-order valence-corrected chi connectivity index (χ4v) is 3.48. The van der Waals surface area contributed by atoms with Crippen molar-refractivity contribution in [1.82, 2.24) is 10.0 Å². The average molecular weight is 312 g/mol. The van der Waals surface area contributed by atoms with Crippen LogP contribution in [0, 0.1) is 5.92 Å². The molecule has 1 aliphatic rings. The summed E-state index contributed by atoms with van der Waals surface area (Å²) < 4.78 is 32.3. The number of hydrogen-bond acceptors (Lipinski definition) is 4. The second kappa shape index (κ2) is 7.89. The van der Waals surface area contributed by atoms with Gasteiger partial charge in [-0.1, -0.05) is 12.1 Å². The highest BCUT2D eigenvalue weighted by atomic mass is 32.2. The molecule has 21 heavy (non-hydrogen) atoms. The normalized spacial score (nSPS) is 19.0. The van der Waals surface area contributed by atoms with Crippen molar-refractivity contribution in [3.8, 4) is 0 Å². The smallest absolute Gasteiger partial charge is 0.240 e. The summed E-state index contributed by atoms with van der Waals surface area (Å²) in [6, 6.07) is 7.15. The average Bonchev–Trinajstić information content (AvgIpc) is 3.00.